The number of benzene rings is 3. The lowest BCUT2D eigenvalue weighted by Gasteiger charge is -2.11. The molecule has 4 nitrogen and oxygen atoms in total. The summed E-state index contributed by atoms with van der Waals surface area (Å²) in [6, 6.07) is 17.7. The Balaban J connectivity index is 1.70. The van der Waals surface area contributed by atoms with E-state index in [0.717, 1.165) is 22.1 Å². The first kappa shape index (κ1) is 17.6. The monoisotopic (exact) mass is 350 g/mol. The molecule has 0 fully saturated rings. The Kier molecular flexibility index (Phi) is 5.27. The van der Waals surface area contributed by atoms with Crippen LogP contribution in [0.2, 0.25) is 0 Å². The second kappa shape index (κ2) is 7.78. The molecule has 132 valence electrons. The Morgan fingerprint density at radius 1 is 1.12 bits per heavy atom. The molecule has 0 spiro atoms. The van der Waals surface area contributed by atoms with Gasteiger partial charge in [0, 0.05) is 0 Å². The first-order valence-corrected chi connectivity index (χ1v) is 8.23. The molecule has 1 amide bonds. The zero-order chi connectivity index (χ0) is 18.5. The Labute approximate surface area is 151 Å². The van der Waals surface area contributed by atoms with Gasteiger partial charge >= 0.3 is 0 Å². The van der Waals surface area contributed by atoms with Gasteiger partial charge in [0.05, 0.1) is 19.2 Å². The number of hydrazone groups is 1. The molecule has 0 aromatic heterocycles. The number of hydrogen-bond donors (Lipinski definition) is 1. The predicted octanol–water partition coefficient (Wildman–Crippen LogP) is 4.24. The van der Waals surface area contributed by atoms with Gasteiger partial charge in [0.25, 0.3) is 0 Å². The van der Waals surface area contributed by atoms with Crippen LogP contribution in [0, 0.1) is 5.82 Å². The van der Waals surface area contributed by atoms with Crippen LogP contribution < -0.4 is 10.2 Å². The molecular formula is C21H19FN2O2. The van der Waals surface area contributed by atoms with Crippen LogP contribution in [0.15, 0.2) is 65.8 Å². The van der Waals surface area contributed by atoms with E-state index in [1.165, 1.54) is 18.3 Å². The fraction of sp³-hybridized carbons (Fsp3) is 0.143. The zero-order valence-electron chi connectivity index (χ0n) is 14.6. The number of ether oxygens (including phenoxy) is 1. The van der Waals surface area contributed by atoms with Crippen molar-refractivity contribution in [3.8, 4) is 5.75 Å². The maximum absolute atomic E-state index is 13.1. The molecule has 0 saturated heterocycles. The van der Waals surface area contributed by atoms with E-state index in [1.54, 1.807) is 19.2 Å². The van der Waals surface area contributed by atoms with Crippen LogP contribution in [-0.4, -0.2) is 19.2 Å². The molecule has 0 saturated carbocycles. The summed E-state index contributed by atoms with van der Waals surface area (Å²) in [6.07, 6.45) is 1.42. The number of rotatable bonds is 5. The topological polar surface area (TPSA) is 50.7 Å². The van der Waals surface area contributed by atoms with Crippen molar-refractivity contribution in [2.75, 3.05) is 7.11 Å². The molecule has 26 heavy (non-hydrogen) atoms. The first-order valence-electron chi connectivity index (χ1n) is 8.23. The Morgan fingerprint density at radius 2 is 1.88 bits per heavy atom. The smallest absolute Gasteiger partial charge is 0.247 e. The van der Waals surface area contributed by atoms with Crippen LogP contribution in [0.5, 0.6) is 5.75 Å². The highest BCUT2D eigenvalue weighted by Gasteiger charge is 2.15. The van der Waals surface area contributed by atoms with Crippen LogP contribution in [0.3, 0.4) is 0 Å². The largest absolute Gasteiger partial charge is 0.497 e. The summed E-state index contributed by atoms with van der Waals surface area (Å²) in [4.78, 5) is 12.3. The van der Waals surface area contributed by atoms with Crippen molar-refractivity contribution in [3.63, 3.8) is 0 Å². The second-order valence-corrected chi connectivity index (χ2v) is 5.98. The number of nitrogens with zero attached hydrogens (tertiary/aromatic N) is 1. The van der Waals surface area contributed by atoms with Gasteiger partial charge in [-0.15, -0.1) is 0 Å². The van der Waals surface area contributed by atoms with E-state index in [9.17, 15) is 9.18 Å². The molecule has 3 aromatic carbocycles. The van der Waals surface area contributed by atoms with Crippen LogP contribution in [0.1, 0.15) is 24.0 Å². The van der Waals surface area contributed by atoms with E-state index < -0.39 is 0 Å². The number of halogens is 1. The maximum atomic E-state index is 13.1. The van der Waals surface area contributed by atoms with Crippen LogP contribution >= 0.6 is 0 Å². The van der Waals surface area contributed by atoms with Crippen molar-refractivity contribution >= 4 is 22.9 Å². The molecule has 0 radical (unpaired) electrons. The van der Waals surface area contributed by atoms with Gasteiger partial charge in [-0.3, -0.25) is 4.79 Å². The molecule has 0 aliphatic heterocycles. The average Bonchev–Trinajstić information content (AvgIpc) is 2.66. The lowest BCUT2D eigenvalue weighted by molar-refractivity contribution is -0.122. The average molecular weight is 350 g/mol. The standard InChI is InChI=1S/C21H19FN2O2/c1-14(21(25)24-23-13-15-4-3-5-19(22)10-15)16-6-7-18-12-20(26-2)9-8-17(18)11-16/h3-14H,1-2H3,(H,24,25)/b23-13+/t14-/m0/s1. The summed E-state index contributed by atoms with van der Waals surface area (Å²) >= 11 is 0. The highest BCUT2D eigenvalue weighted by molar-refractivity contribution is 5.89. The quantitative estimate of drug-likeness (QED) is 0.553. The maximum Gasteiger partial charge on any atom is 0.247 e. The van der Waals surface area contributed by atoms with Crippen molar-refractivity contribution in [1.82, 2.24) is 5.43 Å². The molecule has 0 bridgehead atoms. The predicted molar refractivity (Wildman–Crippen MR) is 101 cm³/mol. The van der Waals surface area contributed by atoms with Crippen LogP contribution in [-0.2, 0) is 4.79 Å². The van der Waals surface area contributed by atoms with Gasteiger partial charge in [-0.2, -0.15) is 5.10 Å². The molecule has 0 heterocycles. The summed E-state index contributed by atoms with van der Waals surface area (Å²) in [6.45, 7) is 1.82. The molecule has 1 N–H and O–H groups in total. The van der Waals surface area contributed by atoms with E-state index in [4.69, 9.17) is 4.74 Å². The van der Waals surface area contributed by atoms with Gasteiger partial charge in [0.2, 0.25) is 5.91 Å². The molecular weight excluding hydrogens is 331 g/mol. The minimum Gasteiger partial charge on any atom is -0.497 e. The van der Waals surface area contributed by atoms with Crippen molar-refractivity contribution in [2.45, 2.75) is 12.8 Å². The molecule has 1 atom stereocenters. The van der Waals surface area contributed by atoms with E-state index in [0.29, 0.717) is 5.56 Å². The van der Waals surface area contributed by atoms with Crippen molar-refractivity contribution in [2.24, 2.45) is 5.10 Å². The first-order chi connectivity index (χ1) is 12.6. The van der Waals surface area contributed by atoms with E-state index in [-0.39, 0.29) is 17.6 Å². The van der Waals surface area contributed by atoms with Gasteiger partial charge < -0.3 is 4.74 Å². The van der Waals surface area contributed by atoms with Crippen LogP contribution in [0.4, 0.5) is 4.39 Å². The Hall–Kier alpha value is -3.21. The third-order valence-electron chi connectivity index (χ3n) is 4.20. The molecule has 5 heteroatoms. The second-order valence-electron chi connectivity index (χ2n) is 5.98. The summed E-state index contributed by atoms with van der Waals surface area (Å²) in [5.74, 6) is -0.152. The lowest BCUT2D eigenvalue weighted by atomic mass is 9.97. The van der Waals surface area contributed by atoms with Crippen molar-refractivity contribution in [3.05, 3.63) is 77.6 Å². The SMILES string of the molecule is COc1ccc2cc([C@H](C)C(=O)N/N=C/c3cccc(F)c3)ccc2c1. The fourth-order valence-electron chi connectivity index (χ4n) is 2.64. The number of hydrogen-bond acceptors (Lipinski definition) is 3. The van der Waals surface area contributed by atoms with Crippen molar-refractivity contribution < 1.29 is 13.9 Å². The summed E-state index contributed by atoms with van der Waals surface area (Å²) in [7, 11) is 1.63. The normalized spacial score (nSPS) is 12.3. The van der Waals surface area contributed by atoms with Crippen LogP contribution in [0.25, 0.3) is 10.8 Å². The van der Waals surface area contributed by atoms with E-state index >= 15 is 0 Å². The number of carbonyl (C=O) groups excluding carboxylic acids is 1. The third kappa shape index (κ3) is 4.06. The minimum atomic E-state index is -0.369. The molecule has 0 aliphatic rings. The lowest BCUT2D eigenvalue weighted by Crippen LogP contribution is -2.23. The number of carbonyl (C=O) groups is 1. The zero-order valence-corrected chi connectivity index (χ0v) is 14.6. The molecule has 0 unspecified atom stereocenters. The van der Waals surface area contributed by atoms with E-state index in [1.807, 2.05) is 43.3 Å². The summed E-state index contributed by atoms with van der Waals surface area (Å²) in [5.41, 5.74) is 3.97. The molecule has 3 aromatic rings. The Bertz CT molecular complexity index is 969. The van der Waals surface area contributed by atoms with E-state index in [2.05, 4.69) is 10.5 Å². The van der Waals surface area contributed by atoms with Crippen molar-refractivity contribution in [1.29, 1.82) is 0 Å². The molecule has 3 rings (SSSR count). The number of nitrogens with one attached hydrogen (secondary N) is 1. The Morgan fingerprint density at radius 3 is 2.65 bits per heavy atom. The van der Waals surface area contributed by atoms with Gasteiger partial charge in [-0.05, 0) is 53.1 Å². The van der Waals surface area contributed by atoms with Gasteiger partial charge in [0.15, 0.2) is 0 Å². The van der Waals surface area contributed by atoms with Gasteiger partial charge in [-0.1, -0.05) is 36.4 Å². The highest BCUT2D eigenvalue weighted by Crippen LogP contribution is 2.25. The minimum absolute atomic E-state index is 0.231. The number of methoxy groups -OCH3 is 1. The summed E-state index contributed by atoms with van der Waals surface area (Å²) < 4.78 is 18.3. The van der Waals surface area contributed by atoms with Gasteiger partial charge in [-0.25, -0.2) is 9.82 Å². The van der Waals surface area contributed by atoms with Gasteiger partial charge in [0.1, 0.15) is 11.6 Å². The highest BCUT2D eigenvalue weighted by atomic mass is 19.1. The number of amides is 1. The fourth-order valence-corrected chi connectivity index (χ4v) is 2.64. The number of fused-ring (bicyclic) bond motifs is 1. The summed E-state index contributed by atoms with van der Waals surface area (Å²) in [5, 5.41) is 5.99. The third-order valence-corrected chi connectivity index (χ3v) is 4.20. The molecule has 0 aliphatic carbocycles.